The number of esters is 1. The Hall–Kier alpha value is -3.30. The van der Waals surface area contributed by atoms with Crippen molar-refractivity contribution in [2.75, 3.05) is 11.9 Å². The fourth-order valence-corrected chi connectivity index (χ4v) is 4.39. The average molecular weight is 579 g/mol. The van der Waals surface area contributed by atoms with Gasteiger partial charge in [0.05, 0.1) is 11.5 Å². The maximum Gasteiger partial charge on any atom is 0.338 e. The van der Waals surface area contributed by atoms with E-state index in [2.05, 4.69) is 13.8 Å². The highest BCUT2D eigenvalue weighted by Gasteiger charge is 2.21. The summed E-state index contributed by atoms with van der Waals surface area (Å²) in [6.45, 7) is 4.54. The number of benzene rings is 3. The van der Waals surface area contributed by atoms with E-state index in [4.69, 9.17) is 4.74 Å². The summed E-state index contributed by atoms with van der Waals surface area (Å²) in [5, 5.41) is 5.06. The van der Waals surface area contributed by atoms with Crippen molar-refractivity contribution in [3.05, 3.63) is 107 Å². The number of carbonyl (C=O) groups is 2. The van der Waals surface area contributed by atoms with Gasteiger partial charge in [-0.2, -0.15) is 0 Å². The molecule has 0 radical (unpaired) electrons. The summed E-state index contributed by atoms with van der Waals surface area (Å²) in [7, 11) is 0. The lowest BCUT2D eigenvalue weighted by Gasteiger charge is -2.17. The molecule has 6 nitrogen and oxygen atoms in total. The molecule has 0 bridgehead atoms. The number of halogens is 1. The van der Waals surface area contributed by atoms with Gasteiger partial charge in [-0.1, -0.05) is 48.0 Å². The molecule has 7 heteroatoms. The molecule has 0 aliphatic carbocycles. The number of amides is 1. The van der Waals surface area contributed by atoms with Gasteiger partial charge in [0.2, 0.25) is 5.91 Å². The minimum absolute atomic E-state index is 0.100. The van der Waals surface area contributed by atoms with Gasteiger partial charge in [-0.3, -0.25) is 13.3 Å². The second-order valence-corrected chi connectivity index (χ2v) is 9.22. The molecular formula is C28H26IN3O3. The van der Waals surface area contributed by atoms with Crippen LogP contribution in [0.25, 0.3) is 10.8 Å². The van der Waals surface area contributed by atoms with Crippen LogP contribution in [0.3, 0.4) is 0 Å². The number of hydrogen-bond acceptors (Lipinski definition) is 5. The molecule has 1 atom stereocenters. The standard InChI is InChI=1S/C28H26IN3O3/c1-18-3-10-25(19(2)13-18)28(34)35-17-20-4-6-21(7-5-20)26(16-31-29)27(33)32-24-9-8-23-15-30-12-11-22(23)14-24/h3-15,26,31H,16-17H2,1-2H3,(H,32,33)/t26-/m1/s1. The number of ether oxygens (including phenoxy) is 1. The Morgan fingerprint density at radius 3 is 2.51 bits per heavy atom. The van der Waals surface area contributed by atoms with Crippen LogP contribution in [-0.4, -0.2) is 23.4 Å². The predicted octanol–water partition coefficient (Wildman–Crippen LogP) is 5.87. The van der Waals surface area contributed by atoms with Crippen molar-refractivity contribution < 1.29 is 14.3 Å². The second-order valence-electron chi connectivity index (χ2n) is 8.45. The van der Waals surface area contributed by atoms with Crippen LogP contribution in [-0.2, 0) is 16.1 Å². The number of nitrogens with one attached hydrogen (secondary N) is 2. The van der Waals surface area contributed by atoms with Gasteiger partial charge in [0.1, 0.15) is 6.61 Å². The Labute approximate surface area is 218 Å². The number of hydrogen-bond donors (Lipinski definition) is 2. The molecule has 178 valence electrons. The summed E-state index contributed by atoms with van der Waals surface area (Å²) in [5.41, 5.74) is 5.04. The smallest absolute Gasteiger partial charge is 0.338 e. The molecule has 3 aromatic carbocycles. The van der Waals surface area contributed by atoms with Crippen molar-refractivity contribution in [3.63, 3.8) is 0 Å². The average Bonchev–Trinajstić information content (AvgIpc) is 2.86. The van der Waals surface area contributed by atoms with Crippen molar-refractivity contribution in [3.8, 4) is 0 Å². The number of nitrogens with zero attached hydrogens (tertiary/aromatic N) is 1. The first-order chi connectivity index (χ1) is 16.9. The summed E-state index contributed by atoms with van der Waals surface area (Å²) in [4.78, 5) is 29.7. The number of aryl methyl sites for hydroxylation is 2. The molecule has 0 aliphatic rings. The lowest BCUT2D eigenvalue weighted by atomic mass is 9.97. The molecular weight excluding hydrogens is 553 g/mol. The quantitative estimate of drug-likeness (QED) is 0.155. The van der Waals surface area contributed by atoms with Crippen molar-refractivity contribution in [2.45, 2.75) is 26.4 Å². The van der Waals surface area contributed by atoms with E-state index in [9.17, 15) is 9.59 Å². The Kier molecular flexibility index (Phi) is 8.09. The zero-order valence-corrected chi connectivity index (χ0v) is 21.7. The van der Waals surface area contributed by atoms with E-state index in [-0.39, 0.29) is 24.4 Å². The molecule has 1 heterocycles. The van der Waals surface area contributed by atoms with Gasteiger partial charge < -0.3 is 10.1 Å². The Morgan fingerprint density at radius 2 is 1.77 bits per heavy atom. The number of pyridine rings is 1. The predicted molar refractivity (Wildman–Crippen MR) is 147 cm³/mol. The monoisotopic (exact) mass is 579 g/mol. The zero-order valence-electron chi connectivity index (χ0n) is 19.5. The van der Waals surface area contributed by atoms with Crippen LogP contribution in [0.1, 0.15) is 38.5 Å². The molecule has 4 aromatic rings. The fraction of sp³-hybridized carbons (Fsp3) is 0.179. The lowest BCUT2D eigenvalue weighted by Crippen LogP contribution is -2.27. The third-order valence-corrected chi connectivity index (χ3v) is 6.30. The minimum atomic E-state index is -0.383. The number of rotatable bonds is 8. The molecule has 1 amide bonds. The van der Waals surface area contributed by atoms with Gasteiger partial charge >= 0.3 is 5.97 Å². The maximum absolute atomic E-state index is 13.1. The van der Waals surface area contributed by atoms with Crippen molar-refractivity contribution in [1.82, 2.24) is 8.51 Å². The second kappa shape index (κ2) is 11.4. The third-order valence-electron chi connectivity index (χ3n) is 5.86. The number of anilines is 1. The van der Waals surface area contributed by atoms with Gasteiger partial charge in [0.25, 0.3) is 0 Å². The minimum Gasteiger partial charge on any atom is -0.457 e. The van der Waals surface area contributed by atoms with Gasteiger partial charge in [0.15, 0.2) is 0 Å². The van der Waals surface area contributed by atoms with E-state index in [0.717, 1.165) is 38.7 Å². The van der Waals surface area contributed by atoms with E-state index < -0.39 is 0 Å². The van der Waals surface area contributed by atoms with Crippen LogP contribution in [0.15, 0.2) is 79.1 Å². The summed E-state index contributed by atoms with van der Waals surface area (Å²) in [6.07, 6.45) is 3.53. The topological polar surface area (TPSA) is 80.3 Å². The molecule has 0 aliphatic heterocycles. The molecule has 35 heavy (non-hydrogen) atoms. The Morgan fingerprint density at radius 1 is 0.971 bits per heavy atom. The maximum atomic E-state index is 13.1. The summed E-state index contributed by atoms with van der Waals surface area (Å²) in [6, 6.07) is 20.9. The van der Waals surface area contributed by atoms with E-state index in [1.54, 1.807) is 18.5 Å². The summed E-state index contributed by atoms with van der Waals surface area (Å²) < 4.78 is 8.58. The molecule has 2 N–H and O–H groups in total. The summed E-state index contributed by atoms with van der Waals surface area (Å²) >= 11 is 2.05. The molecule has 0 saturated carbocycles. The van der Waals surface area contributed by atoms with Gasteiger partial charge in [-0.15, -0.1) is 0 Å². The lowest BCUT2D eigenvalue weighted by molar-refractivity contribution is -0.117. The van der Waals surface area contributed by atoms with Crippen molar-refractivity contribution in [1.29, 1.82) is 0 Å². The SMILES string of the molecule is Cc1ccc(C(=O)OCc2ccc([C@@H](CNI)C(=O)Nc3ccc4cnccc4c3)cc2)c(C)c1. The van der Waals surface area contributed by atoms with E-state index in [1.807, 2.05) is 97.4 Å². The van der Waals surface area contributed by atoms with Crippen LogP contribution < -0.4 is 8.85 Å². The fourth-order valence-electron chi connectivity index (χ4n) is 3.94. The summed E-state index contributed by atoms with van der Waals surface area (Å²) in [5.74, 6) is -0.826. The first-order valence-corrected chi connectivity index (χ1v) is 12.3. The van der Waals surface area contributed by atoms with Gasteiger partial charge in [0, 0.05) is 52.9 Å². The number of carbonyl (C=O) groups excluding carboxylic acids is 2. The van der Waals surface area contributed by atoms with Crippen LogP contribution in [0, 0.1) is 13.8 Å². The normalized spacial score (nSPS) is 11.7. The van der Waals surface area contributed by atoms with Crippen LogP contribution in [0.5, 0.6) is 0 Å². The zero-order chi connectivity index (χ0) is 24.8. The Bertz CT molecular complexity index is 1360. The molecule has 4 rings (SSSR count). The van der Waals surface area contributed by atoms with Crippen LogP contribution >= 0.6 is 22.9 Å². The van der Waals surface area contributed by atoms with E-state index in [1.165, 1.54) is 0 Å². The first kappa shape index (κ1) is 24.8. The molecule has 1 aromatic heterocycles. The largest absolute Gasteiger partial charge is 0.457 e. The number of fused-ring (bicyclic) bond motifs is 1. The Balaban J connectivity index is 1.42. The molecule has 0 saturated heterocycles. The van der Waals surface area contributed by atoms with E-state index in [0.29, 0.717) is 12.1 Å². The highest BCUT2D eigenvalue weighted by molar-refractivity contribution is 14.1. The van der Waals surface area contributed by atoms with Crippen molar-refractivity contribution >= 4 is 51.2 Å². The first-order valence-electron chi connectivity index (χ1n) is 11.3. The molecule has 0 spiro atoms. The molecule has 0 unspecified atom stereocenters. The van der Waals surface area contributed by atoms with Crippen molar-refractivity contribution in [2.24, 2.45) is 0 Å². The van der Waals surface area contributed by atoms with Crippen LogP contribution in [0.4, 0.5) is 5.69 Å². The van der Waals surface area contributed by atoms with Crippen LogP contribution in [0.2, 0.25) is 0 Å². The number of aromatic nitrogens is 1. The highest BCUT2D eigenvalue weighted by Crippen LogP contribution is 2.22. The molecule has 0 fully saturated rings. The van der Waals surface area contributed by atoms with Gasteiger partial charge in [-0.05, 0) is 60.2 Å². The van der Waals surface area contributed by atoms with Gasteiger partial charge in [-0.25, -0.2) is 4.79 Å². The highest BCUT2D eigenvalue weighted by atomic mass is 127. The third kappa shape index (κ3) is 6.23. The van der Waals surface area contributed by atoms with E-state index >= 15 is 0 Å².